The van der Waals surface area contributed by atoms with E-state index in [9.17, 15) is 0 Å². The van der Waals surface area contributed by atoms with Crippen molar-refractivity contribution in [1.29, 1.82) is 0 Å². The van der Waals surface area contributed by atoms with Crippen molar-refractivity contribution in [2.45, 2.75) is 13.0 Å². The van der Waals surface area contributed by atoms with Crippen LogP contribution in [0.3, 0.4) is 0 Å². The highest BCUT2D eigenvalue weighted by molar-refractivity contribution is 6.31. The average Bonchev–Trinajstić information content (AvgIpc) is 2.41. The van der Waals surface area contributed by atoms with Gasteiger partial charge in [-0.05, 0) is 24.6 Å². The molecule has 0 radical (unpaired) electrons. The molecule has 100 valence electrons. The van der Waals surface area contributed by atoms with Gasteiger partial charge < -0.3 is 15.8 Å². The fourth-order valence-corrected chi connectivity index (χ4v) is 2.09. The maximum absolute atomic E-state index is 6.17. The number of methoxy groups -OCH3 is 1. The summed E-state index contributed by atoms with van der Waals surface area (Å²) in [5.41, 5.74) is 7.46. The molecule has 0 saturated carbocycles. The number of hydrogen-bond acceptors (Lipinski definition) is 4. The quantitative estimate of drug-likeness (QED) is 0.898. The number of halogens is 1. The van der Waals surface area contributed by atoms with E-state index < -0.39 is 0 Å². The first-order chi connectivity index (χ1) is 9.11. The zero-order valence-corrected chi connectivity index (χ0v) is 11.6. The SMILES string of the molecule is COc1ccc(N)c(NC(C)c2ccccc2Cl)n1. The molecular weight excluding hydrogens is 262 g/mol. The number of nitrogen functional groups attached to an aromatic ring is 1. The third-order valence-corrected chi connectivity index (χ3v) is 3.18. The number of nitrogens with zero attached hydrogens (tertiary/aromatic N) is 1. The molecule has 1 unspecified atom stereocenters. The first-order valence-electron chi connectivity index (χ1n) is 5.93. The zero-order chi connectivity index (χ0) is 13.8. The minimum Gasteiger partial charge on any atom is -0.481 e. The van der Waals surface area contributed by atoms with Gasteiger partial charge in [0, 0.05) is 11.1 Å². The maximum Gasteiger partial charge on any atom is 0.215 e. The number of aromatic nitrogens is 1. The van der Waals surface area contributed by atoms with Crippen LogP contribution in [0.5, 0.6) is 5.88 Å². The summed E-state index contributed by atoms with van der Waals surface area (Å²) < 4.78 is 5.09. The minimum absolute atomic E-state index is 0.00407. The van der Waals surface area contributed by atoms with Gasteiger partial charge in [0.2, 0.25) is 5.88 Å². The summed E-state index contributed by atoms with van der Waals surface area (Å²) in [6, 6.07) is 11.1. The minimum atomic E-state index is -0.00407. The van der Waals surface area contributed by atoms with Crippen LogP contribution in [0, 0.1) is 0 Å². The van der Waals surface area contributed by atoms with Crippen LogP contribution in [0.1, 0.15) is 18.5 Å². The maximum atomic E-state index is 6.17. The molecule has 1 atom stereocenters. The fraction of sp³-hybridized carbons (Fsp3) is 0.214. The van der Waals surface area contributed by atoms with Crippen molar-refractivity contribution in [2.75, 3.05) is 18.2 Å². The van der Waals surface area contributed by atoms with Gasteiger partial charge in [-0.2, -0.15) is 4.98 Å². The molecule has 0 saturated heterocycles. The molecule has 1 aromatic heterocycles. The molecule has 0 amide bonds. The third-order valence-electron chi connectivity index (χ3n) is 2.83. The Morgan fingerprint density at radius 2 is 2.00 bits per heavy atom. The second-order valence-corrected chi connectivity index (χ2v) is 4.59. The van der Waals surface area contributed by atoms with E-state index in [1.165, 1.54) is 0 Å². The van der Waals surface area contributed by atoms with Crippen molar-refractivity contribution in [3.8, 4) is 5.88 Å². The zero-order valence-electron chi connectivity index (χ0n) is 10.9. The highest BCUT2D eigenvalue weighted by atomic mass is 35.5. The van der Waals surface area contributed by atoms with E-state index in [2.05, 4.69) is 10.3 Å². The molecule has 0 fully saturated rings. The lowest BCUT2D eigenvalue weighted by Crippen LogP contribution is -2.10. The van der Waals surface area contributed by atoms with Gasteiger partial charge in [-0.15, -0.1) is 0 Å². The lowest BCUT2D eigenvalue weighted by Gasteiger charge is -2.17. The summed E-state index contributed by atoms with van der Waals surface area (Å²) >= 11 is 6.17. The topological polar surface area (TPSA) is 60.2 Å². The molecule has 0 spiro atoms. The van der Waals surface area contributed by atoms with Crippen LogP contribution in [0.4, 0.5) is 11.5 Å². The van der Waals surface area contributed by atoms with Crippen LogP contribution in [-0.4, -0.2) is 12.1 Å². The van der Waals surface area contributed by atoms with E-state index in [1.54, 1.807) is 19.2 Å². The van der Waals surface area contributed by atoms with E-state index in [-0.39, 0.29) is 6.04 Å². The standard InChI is InChI=1S/C14H16ClN3O/c1-9(10-5-3-4-6-11(10)15)17-14-12(16)7-8-13(18-14)19-2/h3-9H,16H2,1-2H3,(H,17,18). The Bertz CT molecular complexity index is 574. The van der Waals surface area contributed by atoms with Gasteiger partial charge in [-0.25, -0.2) is 0 Å². The third kappa shape index (κ3) is 3.09. The molecule has 2 rings (SSSR count). The monoisotopic (exact) mass is 277 g/mol. The van der Waals surface area contributed by atoms with Crippen molar-refractivity contribution >= 4 is 23.1 Å². The summed E-state index contributed by atoms with van der Waals surface area (Å²) in [5, 5.41) is 3.95. The molecule has 0 aliphatic rings. The Kier molecular flexibility index (Phi) is 4.12. The molecule has 1 aromatic carbocycles. The number of nitrogens with two attached hydrogens (primary N) is 1. The van der Waals surface area contributed by atoms with Gasteiger partial charge in [0.05, 0.1) is 18.8 Å². The van der Waals surface area contributed by atoms with Gasteiger partial charge >= 0.3 is 0 Å². The van der Waals surface area contributed by atoms with Crippen molar-refractivity contribution < 1.29 is 4.74 Å². The molecule has 4 nitrogen and oxygen atoms in total. The first-order valence-corrected chi connectivity index (χ1v) is 6.31. The molecule has 2 aromatic rings. The van der Waals surface area contributed by atoms with Crippen LogP contribution in [-0.2, 0) is 0 Å². The predicted octanol–water partition coefficient (Wildman–Crippen LogP) is 3.50. The Hall–Kier alpha value is -1.94. The molecule has 19 heavy (non-hydrogen) atoms. The second-order valence-electron chi connectivity index (χ2n) is 4.18. The van der Waals surface area contributed by atoms with Gasteiger partial charge in [-0.3, -0.25) is 0 Å². The molecule has 0 aliphatic heterocycles. The number of pyridine rings is 1. The van der Waals surface area contributed by atoms with Crippen molar-refractivity contribution in [3.63, 3.8) is 0 Å². The van der Waals surface area contributed by atoms with Gasteiger partial charge in [0.25, 0.3) is 0 Å². The molecule has 3 N–H and O–H groups in total. The number of ether oxygens (including phenoxy) is 1. The number of nitrogens with one attached hydrogen (secondary N) is 1. The summed E-state index contributed by atoms with van der Waals surface area (Å²) in [5.74, 6) is 1.11. The van der Waals surface area contributed by atoms with E-state index in [4.69, 9.17) is 22.1 Å². The molecule has 1 heterocycles. The fourth-order valence-electron chi connectivity index (χ4n) is 1.79. The summed E-state index contributed by atoms with van der Waals surface area (Å²) in [6.45, 7) is 2.00. The summed E-state index contributed by atoms with van der Waals surface area (Å²) in [4.78, 5) is 4.28. The lowest BCUT2D eigenvalue weighted by atomic mass is 10.1. The molecule has 0 bridgehead atoms. The summed E-state index contributed by atoms with van der Waals surface area (Å²) in [6.07, 6.45) is 0. The van der Waals surface area contributed by atoms with Gasteiger partial charge in [0.1, 0.15) is 0 Å². The van der Waals surface area contributed by atoms with Gasteiger partial charge in [0.15, 0.2) is 5.82 Å². The Morgan fingerprint density at radius 1 is 1.26 bits per heavy atom. The van der Waals surface area contributed by atoms with E-state index in [1.807, 2.05) is 31.2 Å². The first kappa shape index (κ1) is 13.5. The second kappa shape index (κ2) is 5.80. The van der Waals surface area contributed by atoms with Crippen LogP contribution in [0.2, 0.25) is 5.02 Å². The average molecular weight is 278 g/mol. The van der Waals surface area contributed by atoms with Crippen molar-refractivity contribution in [1.82, 2.24) is 4.98 Å². The Balaban J connectivity index is 2.24. The van der Waals surface area contributed by atoms with Crippen LogP contribution < -0.4 is 15.8 Å². The Morgan fingerprint density at radius 3 is 2.68 bits per heavy atom. The van der Waals surface area contributed by atoms with E-state index >= 15 is 0 Å². The Labute approximate surface area is 117 Å². The molecule has 5 heteroatoms. The highest BCUT2D eigenvalue weighted by Crippen LogP contribution is 2.28. The number of hydrogen-bond donors (Lipinski definition) is 2. The van der Waals surface area contributed by atoms with Crippen LogP contribution >= 0.6 is 11.6 Å². The number of benzene rings is 1. The van der Waals surface area contributed by atoms with Crippen LogP contribution in [0.25, 0.3) is 0 Å². The van der Waals surface area contributed by atoms with E-state index in [0.29, 0.717) is 22.4 Å². The summed E-state index contributed by atoms with van der Waals surface area (Å²) in [7, 11) is 1.57. The molecule has 0 aliphatic carbocycles. The molecular formula is C14H16ClN3O. The van der Waals surface area contributed by atoms with Crippen molar-refractivity contribution in [3.05, 3.63) is 47.0 Å². The van der Waals surface area contributed by atoms with Crippen LogP contribution in [0.15, 0.2) is 36.4 Å². The number of rotatable bonds is 4. The number of anilines is 2. The smallest absolute Gasteiger partial charge is 0.215 e. The normalized spacial score (nSPS) is 11.9. The highest BCUT2D eigenvalue weighted by Gasteiger charge is 2.11. The predicted molar refractivity (Wildman–Crippen MR) is 78.7 cm³/mol. The van der Waals surface area contributed by atoms with Gasteiger partial charge in [-0.1, -0.05) is 29.8 Å². The lowest BCUT2D eigenvalue weighted by molar-refractivity contribution is 0.398. The van der Waals surface area contributed by atoms with Crippen molar-refractivity contribution in [2.24, 2.45) is 0 Å². The largest absolute Gasteiger partial charge is 0.481 e. The van der Waals surface area contributed by atoms with E-state index in [0.717, 1.165) is 5.56 Å².